The second kappa shape index (κ2) is 4.46. The van der Waals surface area contributed by atoms with Gasteiger partial charge in [-0.3, -0.25) is 0 Å². The van der Waals surface area contributed by atoms with E-state index in [0.717, 1.165) is 4.47 Å². The molecule has 1 spiro atoms. The Morgan fingerprint density at radius 3 is 2.75 bits per heavy atom. The first-order chi connectivity index (χ1) is 9.31. The lowest BCUT2D eigenvalue weighted by Crippen LogP contribution is -2.61. The fraction of sp³-hybridized carbons (Fsp3) is 0.533. The largest absolute Gasteiger partial charge is 0.444 e. The molecule has 1 aromatic rings. The normalized spacial score (nSPS) is 19.7. The lowest BCUT2D eigenvalue weighted by Gasteiger charge is -2.47. The first-order valence-corrected chi connectivity index (χ1v) is 7.50. The van der Waals surface area contributed by atoms with Crippen molar-refractivity contribution in [1.29, 1.82) is 0 Å². The van der Waals surface area contributed by atoms with E-state index in [1.807, 2.05) is 32.9 Å². The second-order valence-corrected chi connectivity index (χ2v) is 7.24. The molecule has 0 saturated carbocycles. The molecule has 0 atom stereocenters. The summed E-state index contributed by atoms with van der Waals surface area (Å²) in [6.07, 6.45) is -0.268. The number of hydrogen-bond acceptors (Lipinski definition) is 3. The van der Waals surface area contributed by atoms with Crippen LogP contribution in [0.1, 0.15) is 31.9 Å². The number of carbonyl (C=O) groups excluding carboxylic acids is 1. The van der Waals surface area contributed by atoms with Crippen molar-refractivity contribution in [2.45, 2.75) is 38.6 Å². The van der Waals surface area contributed by atoms with Crippen LogP contribution < -0.4 is 0 Å². The van der Waals surface area contributed by atoms with Crippen LogP contribution in [0.2, 0.25) is 0 Å². The third-order valence-corrected chi connectivity index (χ3v) is 4.39. The number of hydrogen-bond donors (Lipinski definition) is 0. The highest BCUT2D eigenvalue weighted by Gasteiger charge is 2.52. The van der Waals surface area contributed by atoms with E-state index >= 15 is 0 Å². The molecule has 5 heteroatoms. The summed E-state index contributed by atoms with van der Waals surface area (Å²) < 4.78 is 12.4. The Kier molecular flexibility index (Phi) is 3.10. The van der Waals surface area contributed by atoms with Crippen molar-refractivity contribution in [3.63, 3.8) is 0 Å². The van der Waals surface area contributed by atoms with Crippen LogP contribution in [0.4, 0.5) is 4.79 Å². The topological polar surface area (TPSA) is 38.8 Å². The number of rotatable bonds is 0. The van der Waals surface area contributed by atoms with Gasteiger partial charge in [-0.1, -0.05) is 28.1 Å². The van der Waals surface area contributed by atoms with Gasteiger partial charge in [-0.25, -0.2) is 4.79 Å². The Hall–Kier alpha value is -1.07. The fourth-order valence-electron chi connectivity index (χ4n) is 2.71. The van der Waals surface area contributed by atoms with Crippen molar-refractivity contribution in [3.8, 4) is 0 Å². The first-order valence-electron chi connectivity index (χ1n) is 6.70. The average Bonchev–Trinajstić information content (AvgIpc) is 2.65. The van der Waals surface area contributed by atoms with E-state index in [9.17, 15) is 4.79 Å². The predicted molar refractivity (Wildman–Crippen MR) is 78.4 cm³/mol. The van der Waals surface area contributed by atoms with Crippen molar-refractivity contribution < 1.29 is 14.3 Å². The number of ether oxygens (including phenoxy) is 2. The monoisotopic (exact) mass is 339 g/mol. The molecule has 0 aliphatic carbocycles. The molecule has 0 unspecified atom stereocenters. The lowest BCUT2D eigenvalue weighted by molar-refractivity contribution is -0.137. The van der Waals surface area contributed by atoms with Gasteiger partial charge in [0.25, 0.3) is 0 Å². The van der Waals surface area contributed by atoms with Crippen molar-refractivity contribution in [2.24, 2.45) is 0 Å². The van der Waals surface area contributed by atoms with Gasteiger partial charge in [0.05, 0.1) is 19.7 Å². The highest BCUT2D eigenvalue weighted by Crippen LogP contribution is 2.45. The van der Waals surface area contributed by atoms with E-state index in [4.69, 9.17) is 9.47 Å². The number of fused-ring (bicyclic) bond motifs is 2. The van der Waals surface area contributed by atoms with Crippen molar-refractivity contribution in [2.75, 3.05) is 13.1 Å². The minimum absolute atomic E-state index is 0.268. The maximum Gasteiger partial charge on any atom is 0.410 e. The second-order valence-electron chi connectivity index (χ2n) is 6.39. The van der Waals surface area contributed by atoms with Crippen LogP contribution in [0.5, 0.6) is 0 Å². The summed E-state index contributed by atoms with van der Waals surface area (Å²) in [6.45, 7) is 7.34. The van der Waals surface area contributed by atoms with E-state index in [-0.39, 0.29) is 11.7 Å². The van der Waals surface area contributed by atoms with Crippen molar-refractivity contribution >= 4 is 22.0 Å². The van der Waals surface area contributed by atoms with E-state index in [1.165, 1.54) is 11.1 Å². The quantitative estimate of drug-likeness (QED) is 0.726. The molecule has 1 amide bonds. The number of nitrogens with zero attached hydrogens (tertiary/aromatic N) is 1. The Bertz CT molecular complexity index is 559. The van der Waals surface area contributed by atoms with Crippen LogP contribution in [-0.2, 0) is 21.7 Å². The van der Waals surface area contributed by atoms with Gasteiger partial charge in [0.15, 0.2) is 0 Å². The van der Waals surface area contributed by atoms with Gasteiger partial charge in [0.2, 0.25) is 0 Å². The Balaban J connectivity index is 1.73. The molecule has 0 N–H and O–H groups in total. The van der Waals surface area contributed by atoms with E-state index in [2.05, 4.69) is 22.0 Å². The Labute approximate surface area is 127 Å². The third kappa shape index (κ3) is 2.23. The lowest BCUT2D eigenvalue weighted by atomic mass is 9.85. The van der Waals surface area contributed by atoms with Crippen LogP contribution >= 0.6 is 15.9 Å². The smallest absolute Gasteiger partial charge is 0.410 e. The molecule has 0 bridgehead atoms. The van der Waals surface area contributed by atoms with Gasteiger partial charge in [0, 0.05) is 4.47 Å². The van der Waals surface area contributed by atoms with E-state index in [1.54, 1.807) is 4.90 Å². The molecular weight excluding hydrogens is 322 g/mol. The molecular formula is C15H18BrNO3. The molecule has 1 fully saturated rings. The van der Waals surface area contributed by atoms with Gasteiger partial charge < -0.3 is 14.4 Å². The SMILES string of the molecule is CC(C)(C)OC(=O)N1CC2(C1)OCc1c(Br)cccc12. The molecule has 4 nitrogen and oxygen atoms in total. The molecule has 2 aliphatic heterocycles. The highest BCUT2D eigenvalue weighted by atomic mass is 79.9. The molecule has 2 aliphatic rings. The number of carbonyl (C=O) groups is 1. The summed E-state index contributed by atoms with van der Waals surface area (Å²) in [6, 6.07) is 6.11. The number of halogens is 1. The van der Waals surface area contributed by atoms with Gasteiger partial charge in [-0.2, -0.15) is 0 Å². The fourth-order valence-corrected chi connectivity index (χ4v) is 3.19. The number of likely N-dealkylation sites (tertiary alicyclic amines) is 1. The number of benzene rings is 1. The Morgan fingerprint density at radius 1 is 1.40 bits per heavy atom. The van der Waals surface area contributed by atoms with Gasteiger partial charge >= 0.3 is 6.09 Å². The zero-order valence-electron chi connectivity index (χ0n) is 11.9. The summed E-state index contributed by atoms with van der Waals surface area (Å²) >= 11 is 3.55. The van der Waals surface area contributed by atoms with Crippen LogP contribution in [0.25, 0.3) is 0 Å². The molecule has 1 saturated heterocycles. The van der Waals surface area contributed by atoms with Crippen LogP contribution in [-0.4, -0.2) is 29.7 Å². The highest BCUT2D eigenvalue weighted by molar-refractivity contribution is 9.10. The zero-order chi connectivity index (χ0) is 14.5. The van der Waals surface area contributed by atoms with Crippen molar-refractivity contribution in [3.05, 3.63) is 33.8 Å². The molecule has 3 rings (SSSR count). The average molecular weight is 340 g/mol. The maximum atomic E-state index is 12.0. The summed E-state index contributed by atoms with van der Waals surface area (Å²) in [5, 5.41) is 0. The molecule has 1 aromatic carbocycles. The molecule has 108 valence electrons. The first kappa shape index (κ1) is 13.9. The third-order valence-electron chi connectivity index (χ3n) is 3.65. The predicted octanol–water partition coefficient (Wildman–Crippen LogP) is 3.43. The Morgan fingerprint density at radius 2 is 2.10 bits per heavy atom. The van der Waals surface area contributed by atoms with Crippen LogP contribution in [0, 0.1) is 0 Å². The van der Waals surface area contributed by atoms with Crippen LogP contribution in [0.15, 0.2) is 22.7 Å². The zero-order valence-corrected chi connectivity index (χ0v) is 13.5. The van der Waals surface area contributed by atoms with Crippen LogP contribution in [0.3, 0.4) is 0 Å². The van der Waals surface area contributed by atoms with E-state index in [0.29, 0.717) is 19.7 Å². The molecule has 2 heterocycles. The summed E-state index contributed by atoms with van der Waals surface area (Å²) in [7, 11) is 0. The van der Waals surface area contributed by atoms with Crippen molar-refractivity contribution in [1.82, 2.24) is 4.90 Å². The molecule has 0 radical (unpaired) electrons. The minimum atomic E-state index is -0.461. The maximum absolute atomic E-state index is 12.0. The standard InChI is InChI=1S/C15H18BrNO3/c1-14(2,3)20-13(18)17-8-15(9-17)11-5-4-6-12(16)10(11)7-19-15/h4-6H,7-9H2,1-3H3. The molecule has 0 aromatic heterocycles. The van der Waals surface area contributed by atoms with Gasteiger partial charge in [-0.15, -0.1) is 0 Å². The molecule has 20 heavy (non-hydrogen) atoms. The van der Waals surface area contributed by atoms with Gasteiger partial charge in [0.1, 0.15) is 11.2 Å². The summed E-state index contributed by atoms with van der Waals surface area (Å²) in [5.74, 6) is 0. The van der Waals surface area contributed by atoms with E-state index < -0.39 is 5.60 Å². The number of amides is 1. The minimum Gasteiger partial charge on any atom is -0.444 e. The summed E-state index contributed by atoms with van der Waals surface area (Å²) in [4.78, 5) is 13.7. The van der Waals surface area contributed by atoms with Gasteiger partial charge in [-0.05, 0) is 38.0 Å². The summed E-state index contributed by atoms with van der Waals surface area (Å²) in [5.41, 5.74) is 1.58.